The summed E-state index contributed by atoms with van der Waals surface area (Å²) in [7, 11) is 0. The van der Waals surface area contributed by atoms with Crippen molar-refractivity contribution in [1.82, 2.24) is 5.48 Å². The first-order valence-corrected chi connectivity index (χ1v) is 5.47. The fourth-order valence-electron chi connectivity index (χ4n) is 2.09. The summed E-state index contributed by atoms with van der Waals surface area (Å²) in [6.45, 7) is 0. The fourth-order valence-corrected chi connectivity index (χ4v) is 2.09. The molecule has 1 atom stereocenters. The van der Waals surface area contributed by atoms with Gasteiger partial charge >= 0.3 is 0 Å². The molecule has 0 fully saturated rings. The van der Waals surface area contributed by atoms with Crippen LogP contribution in [0.5, 0.6) is 5.75 Å². The molecule has 0 radical (unpaired) electrons. The first-order chi connectivity index (χ1) is 8.36. The highest BCUT2D eigenvalue weighted by Gasteiger charge is 2.30. The molecule has 1 aliphatic rings. The number of para-hydroxylation sites is 1. The number of hydrogen-bond acceptors (Lipinski definition) is 2. The van der Waals surface area contributed by atoms with Crippen LogP contribution in [0.15, 0.2) is 54.6 Å². The predicted molar refractivity (Wildman–Crippen MR) is 63.5 cm³/mol. The van der Waals surface area contributed by atoms with E-state index in [9.17, 15) is 4.79 Å². The first kappa shape index (κ1) is 9.90. The molecule has 0 aromatic heterocycles. The van der Waals surface area contributed by atoms with Crippen molar-refractivity contribution in [3.63, 3.8) is 0 Å². The van der Waals surface area contributed by atoms with E-state index in [0.29, 0.717) is 5.75 Å². The molecule has 1 heterocycles. The average Bonchev–Trinajstić information content (AvgIpc) is 2.39. The van der Waals surface area contributed by atoms with E-state index in [1.165, 1.54) is 0 Å². The summed E-state index contributed by atoms with van der Waals surface area (Å²) in [6, 6.07) is 17.3. The lowest BCUT2D eigenvalue weighted by molar-refractivity contribution is -0.129. The lowest BCUT2D eigenvalue weighted by atomic mass is 9.89. The highest BCUT2D eigenvalue weighted by Crippen LogP contribution is 2.34. The Hall–Kier alpha value is -2.29. The molecule has 3 rings (SSSR count). The van der Waals surface area contributed by atoms with Gasteiger partial charge in [-0.2, -0.15) is 5.48 Å². The van der Waals surface area contributed by atoms with Crippen LogP contribution in [0.1, 0.15) is 17.0 Å². The van der Waals surface area contributed by atoms with Gasteiger partial charge in [0.1, 0.15) is 0 Å². The Kier molecular flexibility index (Phi) is 2.29. The summed E-state index contributed by atoms with van der Waals surface area (Å²) in [6.07, 6.45) is 0. The number of carbonyl (C=O) groups is 1. The van der Waals surface area contributed by atoms with Gasteiger partial charge in [-0.3, -0.25) is 4.79 Å². The molecule has 1 unspecified atom stereocenters. The molecule has 0 saturated heterocycles. The number of hydroxylamine groups is 1. The molecule has 0 aliphatic carbocycles. The Morgan fingerprint density at radius 3 is 2.47 bits per heavy atom. The number of hydrogen-bond donors (Lipinski definition) is 1. The van der Waals surface area contributed by atoms with E-state index >= 15 is 0 Å². The zero-order chi connectivity index (χ0) is 11.7. The van der Waals surface area contributed by atoms with E-state index in [1.807, 2.05) is 54.6 Å². The molecule has 0 bridgehead atoms. The zero-order valence-corrected chi connectivity index (χ0v) is 9.09. The van der Waals surface area contributed by atoms with E-state index < -0.39 is 0 Å². The zero-order valence-electron chi connectivity index (χ0n) is 9.09. The molecule has 3 heteroatoms. The Bertz CT molecular complexity index is 551. The van der Waals surface area contributed by atoms with Gasteiger partial charge in [0.15, 0.2) is 5.75 Å². The topological polar surface area (TPSA) is 38.3 Å². The third-order valence-electron chi connectivity index (χ3n) is 2.89. The van der Waals surface area contributed by atoms with Crippen LogP contribution in [0.4, 0.5) is 0 Å². The van der Waals surface area contributed by atoms with Gasteiger partial charge in [-0.25, -0.2) is 0 Å². The Morgan fingerprint density at radius 1 is 0.941 bits per heavy atom. The summed E-state index contributed by atoms with van der Waals surface area (Å²) in [4.78, 5) is 17.1. The standard InChI is InChI=1S/C14H11NO2/c16-14-13(10-6-2-1-3-7-10)11-8-4-5-9-12(11)17-15-14/h1-9,13H,(H,15,16). The second-order valence-corrected chi connectivity index (χ2v) is 3.95. The number of amides is 1. The van der Waals surface area contributed by atoms with Crippen molar-refractivity contribution in [2.75, 3.05) is 0 Å². The lowest BCUT2D eigenvalue weighted by Gasteiger charge is -2.25. The smallest absolute Gasteiger partial charge is 0.264 e. The summed E-state index contributed by atoms with van der Waals surface area (Å²) in [5, 5.41) is 0. The highest BCUT2D eigenvalue weighted by molar-refractivity contribution is 5.88. The SMILES string of the molecule is O=C1NOc2ccccc2C1c1ccccc1. The van der Waals surface area contributed by atoms with E-state index in [0.717, 1.165) is 11.1 Å². The van der Waals surface area contributed by atoms with Crippen LogP contribution in [-0.2, 0) is 4.79 Å². The molecule has 3 nitrogen and oxygen atoms in total. The van der Waals surface area contributed by atoms with E-state index in [4.69, 9.17) is 4.84 Å². The molecular weight excluding hydrogens is 214 g/mol. The van der Waals surface area contributed by atoms with Crippen LogP contribution >= 0.6 is 0 Å². The minimum Gasteiger partial charge on any atom is -0.379 e. The Labute approximate surface area is 99.0 Å². The van der Waals surface area contributed by atoms with Crippen molar-refractivity contribution in [3.8, 4) is 5.75 Å². The van der Waals surface area contributed by atoms with Gasteiger partial charge in [0.25, 0.3) is 5.91 Å². The van der Waals surface area contributed by atoms with Crippen molar-refractivity contribution in [1.29, 1.82) is 0 Å². The van der Waals surface area contributed by atoms with Crippen molar-refractivity contribution < 1.29 is 9.63 Å². The molecule has 1 N–H and O–H groups in total. The lowest BCUT2D eigenvalue weighted by Crippen LogP contribution is -2.37. The molecule has 0 spiro atoms. The molecule has 1 amide bonds. The second kappa shape index (κ2) is 3.94. The first-order valence-electron chi connectivity index (χ1n) is 5.47. The van der Waals surface area contributed by atoms with Gasteiger partial charge in [-0.05, 0) is 11.6 Å². The largest absolute Gasteiger partial charge is 0.379 e. The van der Waals surface area contributed by atoms with Crippen molar-refractivity contribution >= 4 is 5.91 Å². The molecule has 0 saturated carbocycles. The highest BCUT2D eigenvalue weighted by atomic mass is 16.7. The average molecular weight is 225 g/mol. The van der Waals surface area contributed by atoms with Gasteiger partial charge in [0, 0.05) is 5.56 Å². The molecule has 84 valence electrons. The van der Waals surface area contributed by atoms with Crippen LogP contribution in [0, 0.1) is 0 Å². The van der Waals surface area contributed by atoms with Gasteiger partial charge in [-0.1, -0.05) is 48.5 Å². The monoisotopic (exact) mass is 225 g/mol. The summed E-state index contributed by atoms with van der Waals surface area (Å²) >= 11 is 0. The number of benzene rings is 2. The maximum Gasteiger partial charge on any atom is 0.264 e. The third kappa shape index (κ3) is 1.65. The summed E-state index contributed by atoms with van der Waals surface area (Å²) in [5.74, 6) is 0.289. The van der Waals surface area contributed by atoms with Gasteiger partial charge < -0.3 is 4.84 Å². The predicted octanol–water partition coefficient (Wildman–Crippen LogP) is 2.24. The minimum atomic E-state index is -0.291. The second-order valence-electron chi connectivity index (χ2n) is 3.95. The Morgan fingerprint density at radius 2 is 1.65 bits per heavy atom. The quantitative estimate of drug-likeness (QED) is 0.808. The Balaban J connectivity index is 2.13. The van der Waals surface area contributed by atoms with Gasteiger partial charge in [0.2, 0.25) is 0 Å². The summed E-state index contributed by atoms with van der Waals surface area (Å²) < 4.78 is 0. The number of carbonyl (C=O) groups excluding carboxylic acids is 1. The molecule has 2 aromatic rings. The molecule has 1 aliphatic heterocycles. The maximum atomic E-state index is 11.9. The normalized spacial score (nSPS) is 17.9. The van der Waals surface area contributed by atoms with Crippen LogP contribution in [-0.4, -0.2) is 5.91 Å². The number of nitrogens with one attached hydrogen (secondary N) is 1. The van der Waals surface area contributed by atoms with Crippen molar-refractivity contribution in [3.05, 3.63) is 65.7 Å². The van der Waals surface area contributed by atoms with Gasteiger partial charge in [0.05, 0.1) is 5.92 Å². The van der Waals surface area contributed by atoms with Crippen LogP contribution in [0.25, 0.3) is 0 Å². The van der Waals surface area contributed by atoms with Crippen molar-refractivity contribution in [2.45, 2.75) is 5.92 Å². The third-order valence-corrected chi connectivity index (χ3v) is 2.89. The fraction of sp³-hybridized carbons (Fsp3) is 0.0714. The van der Waals surface area contributed by atoms with Crippen molar-refractivity contribution in [2.24, 2.45) is 0 Å². The summed E-state index contributed by atoms with van der Waals surface area (Å²) in [5.41, 5.74) is 4.33. The van der Waals surface area contributed by atoms with E-state index in [1.54, 1.807) is 0 Å². The van der Waals surface area contributed by atoms with Gasteiger partial charge in [-0.15, -0.1) is 0 Å². The maximum absolute atomic E-state index is 11.9. The molecular formula is C14H11NO2. The number of rotatable bonds is 1. The van der Waals surface area contributed by atoms with Crippen LogP contribution in [0.2, 0.25) is 0 Å². The minimum absolute atomic E-state index is 0.130. The van der Waals surface area contributed by atoms with E-state index in [2.05, 4.69) is 5.48 Å². The molecule has 17 heavy (non-hydrogen) atoms. The molecule has 2 aromatic carbocycles. The van der Waals surface area contributed by atoms with E-state index in [-0.39, 0.29) is 11.8 Å². The van der Waals surface area contributed by atoms with Crippen LogP contribution < -0.4 is 10.3 Å². The number of fused-ring (bicyclic) bond motifs is 1. The van der Waals surface area contributed by atoms with Crippen LogP contribution in [0.3, 0.4) is 0 Å².